The zero-order chi connectivity index (χ0) is 9.10. The molecule has 1 N–H and O–H groups in total. The number of nitrogens with one attached hydrogen (secondary N) is 1. The Labute approximate surface area is 75.7 Å². The maximum atomic E-state index is 8.79. The summed E-state index contributed by atoms with van der Waals surface area (Å²) in [5.41, 5.74) is 2.21. The van der Waals surface area contributed by atoms with Crippen LogP contribution in [0.4, 0.5) is 0 Å². The molecule has 0 atom stereocenters. The maximum Gasteiger partial charge on any atom is 0.149 e. The lowest BCUT2D eigenvalue weighted by molar-refractivity contribution is 1.25. The standard InChI is InChI=1S/C10H7N3/c11-7-10-8(3-1-5-13-10)9-4-2-6-12-9/h1-6,12H. The summed E-state index contributed by atoms with van der Waals surface area (Å²) in [4.78, 5) is 7.01. The van der Waals surface area contributed by atoms with E-state index in [2.05, 4.69) is 16.0 Å². The van der Waals surface area contributed by atoms with Gasteiger partial charge in [-0.2, -0.15) is 5.26 Å². The van der Waals surface area contributed by atoms with E-state index in [9.17, 15) is 0 Å². The van der Waals surface area contributed by atoms with E-state index in [1.165, 1.54) is 0 Å². The van der Waals surface area contributed by atoms with Crippen LogP contribution in [0.1, 0.15) is 5.69 Å². The van der Waals surface area contributed by atoms with Crippen molar-refractivity contribution in [1.82, 2.24) is 9.97 Å². The fourth-order valence-electron chi connectivity index (χ4n) is 1.21. The highest BCUT2D eigenvalue weighted by molar-refractivity contribution is 5.64. The highest BCUT2D eigenvalue weighted by atomic mass is 14.7. The second kappa shape index (κ2) is 3.11. The van der Waals surface area contributed by atoms with Crippen LogP contribution in [0.25, 0.3) is 11.3 Å². The third-order valence-electron chi connectivity index (χ3n) is 1.80. The molecule has 0 spiro atoms. The van der Waals surface area contributed by atoms with Gasteiger partial charge >= 0.3 is 0 Å². The van der Waals surface area contributed by atoms with Crippen LogP contribution in [0.5, 0.6) is 0 Å². The van der Waals surface area contributed by atoms with Crippen molar-refractivity contribution in [1.29, 1.82) is 5.26 Å². The first-order chi connectivity index (χ1) is 6.42. The summed E-state index contributed by atoms with van der Waals surface area (Å²) in [6.45, 7) is 0. The summed E-state index contributed by atoms with van der Waals surface area (Å²) in [5, 5.41) is 8.79. The van der Waals surface area contributed by atoms with E-state index in [1.54, 1.807) is 6.20 Å². The number of aromatic nitrogens is 2. The molecule has 0 unspecified atom stereocenters. The molecule has 0 saturated heterocycles. The lowest BCUT2D eigenvalue weighted by Gasteiger charge is -1.98. The summed E-state index contributed by atoms with van der Waals surface area (Å²) >= 11 is 0. The predicted molar refractivity (Wildman–Crippen MR) is 48.7 cm³/mol. The lowest BCUT2D eigenvalue weighted by Crippen LogP contribution is -1.87. The van der Waals surface area contributed by atoms with Gasteiger partial charge in [0.25, 0.3) is 0 Å². The maximum absolute atomic E-state index is 8.79. The van der Waals surface area contributed by atoms with Gasteiger partial charge in [-0.25, -0.2) is 4.98 Å². The molecule has 0 saturated carbocycles. The first kappa shape index (κ1) is 7.56. The van der Waals surface area contributed by atoms with Gasteiger partial charge in [0.05, 0.1) is 0 Å². The fraction of sp³-hybridized carbons (Fsp3) is 0. The van der Waals surface area contributed by atoms with Gasteiger partial charge in [-0.3, -0.25) is 0 Å². The van der Waals surface area contributed by atoms with E-state index in [4.69, 9.17) is 5.26 Å². The van der Waals surface area contributed by atoms with E-state index in [1.807, 2.05) is 30.5 Å². The van der Waals surface area contributed by atoms with Crippen LogP contribution in [0, 0.1) is 11.3 Å². The third-order valence-corrected chi connectivity index (χ3v) is 1.80. The average Bonchev–Trinajstić information content (AvgIpc) is 2.70. The number of aromatic amines is 1. The van der Waals surface area contributed by atoms with Crippen LogP contribution in [0.15, 0.2) is 36.7 Å². The summed E-state index contributed by atoms with van der Waals surface area (Å²) in [6.07, 6.45) is 3.44. The van der Waals surface area contributed by atoms with Crippen molar-refractivity contribution in [3.8, 4) is 17.3 Å². The van der Waals surface area contributed by atoms with Crippen molar-refractivity contribution in [3.05, 3.63) is 42.4 Å². The number of nitrogens with zero attached hydrogens (tertiary/aromatic N) is 2. The van der Waals surface area contributed by atoms with Gasteiger partial charge in [0.1, 0.15) is 11.8 Å². The second-order valence-electron chi connectivity index (χ2n) is 2.60. The van der Waals surface area contributed by atoms with Gasteiger partial charge in [0, 0.05) is 23.7 Å². The SMILES string of the molecule is N#Cc1ncccc1-c1ccc[nH]1. The molecule has 0 aromatic carbocycles. The van der Waals surface area contributed by atoms with Gasteiger partial charge < -0.3 is 4.98 Å². The molecular formula is C10H7N3. The molecular weight excluding hydrogens is 162 g/mol. The molecule has 0 radical (unpaired) electrons. The van der Waals surface area contributed by atoms with Crippen molar-refractivity contribution >= 4 is 0 Å². The fourth-order valence-corrected chi connectivity index (χ4v) is 1.21. The van der Waals surface area contributed by atoms with Gasteiger partial charge in [0.15, 0.2) is 0 Å². The number of pyridine rings is 1. The van der Waals surface area contributed by atoms with Crippen LogP contribution in [0.3, 0.4) is 0 Å². The minimum absolute atomic E-state index is 0.449. The van der Waals surface area contributed by atoms with Gasteiger partial charge in [-0.05, 0) is 24.3 Å². The molecule has 3 heteroatoms. The van der Waals surface area contributed by atoms with Crippen molar-refractivity contribution in [2.24, 2.45) is 0 Å². The molecule has 0 aliphatic heterocycles. The first-order valence-electron chi connectivity index (χ1n) is 3.90. The zero-order valence-corrected chi connectivity index (χ0v) is 6.86. The van der Waals surface area contributed by atoms with Gasteiger partial charge in [-0.15, -0.1) is 0 Å². The van der Waals surface area contributed by atoms with E-state index >= 15 is 0 Å². The van der Waals surface area contributed by atoms with Crippen LogP contribution >= 0.6 is 0 Å². The normalized spacial score (nSPS) is 9.46. The quantitative estimate of drug-likeness (QED) is 0.709. The molecule has 2 rings (SSSR count). The Morgan fingerprint density at radius 1 is 1.31 bits per heavy atom. The number of rotatable bonds is 1. The molecule has 62 valence electrons. The van der Waals surface area contributed by atoms with Crippen LogP contribution < -0.4 is 0 Å². The Bertz CT molecular complexity index is 437. The molecule has 0 fully saturated rings. The Morgan fingerprint density at radius 3 is 2.92 bits per heavy atom. The number of hydrogen-bond acceptors (Lipinski definition) is 2. The molecule has 2 heterocycles. The first-order valence-corrected chi connectivity index (χ1v) is 3.90. The summed E-state index contributed by atoms with van der Waals surface area (Å²) < 4.78 is 0. The van der Waals surface area contributed by atoms with Gasteiger partial charge in [0.2, 0.25) is 0 Å². The van der Waals surface area contributed by atoms with Crippen molar-refractivity contribution in [2.75, 3.05) is 0 Å². The molecule has 2 aromatic heterocycles. The minimum atomic E-state index is 0.449. The molecule has 0 aliphatic carbocycles. The molecule has 0 amide bonds. The van der Waals surface area contributed by atoms with Crippen LogP contribution in [-0.4, -0.2) is 9.97 Å². The monoisotopic (exact) mass is 169 g/mol. The zero-order valence-electron chi connectivity index (χ0n) is 6.86. The van der Waals surface area contributed by atoms with Crippen molar-refractivity contribution in [2.45, 2.75) is 0 Å². The number of hydrogen-bond donors (Lipinski definition) is 1. The summed E-state index contributed by atoms with van der Waals surface area (Å²) in [5.74, 6) is 0. The van der Waals surface area contributed by atoms with E-state index in [0.717, 1.165) is 11.3 Å². The van der Waals surface area contributed by atoms with E-state index in [0.29, 0.717) is 5.69 Å². The third kappa shape index (κ3) is 1.30. The number of nitriles is 1. The predicted octanol–water partition coefficient (Wildman–Crippen LogP) is 1.95. The Hall–Kier alpha value is -2.08. The number of H-pyrrole nitrogens is 1. The molecule has 0 aliphatic rings. The minimum Gasteiger partial charge on any atom is -0.361 e. The Morgan fingerprint density at radius 2 is 2.23 bits per heavy atom. The van der Waals surface area contributed by atoms with Crippen LogP contribution in [-0.2, 0) is 0 Å². The van der Waals surface area contributed by atoms with E-state index in [-0.39, 0.29) is 0 Å². The lowest BCUT2D eigenvalue weighted by atomic mass is 10.1. The molecule has 0 bridgehead atoms. The Kier molecular flexibility index (Phi) is 1.81. The summed E-state index contributed by atoms with van der Waals surface area (Å²) in [6, 6.07) is 9.55. The Balaban J connectivity index is 2.59. The molecule has 3 nitrogen and oxygen atoms in total. The van der Waals surface area contributed by atoms with Crippen molar-refractivity contribution < 1.29 is 0 Å². The molecule has 13 heavy (non-hydrogen) atoms. The molecule has 2 aromatic rings. The van der Waals surface area contributed by atoms with Crippen molar-refractivity contribution in [3.63, 3.8) is 0 Å². The largest absolute Gasteiger partial charge is 0.361 e. The summed E-state index contributed by atoms with van der Waals surface area (Å²) in [7, 11) is 0. The van der Waals surface area contributed by atoms with Gasteiger partial charge in [-0.1, -0.05) is 0 Å². The van der Waals surface area contributed by atoms with E-state index < -0.39 is 0 Å². The topological polar surface area (TPSA) is 52.5 Å². The second-order valence-corrected chi connectivity index (χ2v) is 2.60. The highest BCUT2D eigenvalue weighted by Crippen LogP contribution is 2.18. The average molecular weight is 169 g/mol. The van der Waals surface area contributed by atoms with Crippen LogP contribution in [0.2, 0.25) is 0 Å². The highest BCUT2D eigenvalue weighted by Gasteiger charge is 2.04. The smallest absolute Gasteiger partial charge is 0.149 e.